The summed E-state index contributed by atoms with van der Waals surface area (Å²) >= 11 is 2.87. The van der Waals surface area contributed by atoms with Crippen molar-refractivity contribution in [3.63, 3.8) is 0 Å². The van der Waals surface area contributed by atoms with E-state index in [9.17, 15) is 14.4 Å². The number of esters is 2. The van der Waals surface area contributed by atoms with Crippen LogP contribution in [0.2, 0.25) is 0 Å². The summed E-state index contributed by atoms with van der Waals surface area (Å²) in [7, 11) is 0. The van der Waals surface area contributed by atoms with Gasteiger partial charge in [0.15, 0.2) is 6.61 Å². The molecule has 0 spiro atoms. The lowest BCUT2D eigenvalue weighted by atomic mass is 10.1. The first-order chi connectivity index (χ1) is 14.1. The summed E-state index contributed by atoms with van der Waals surface area (Å²) in [5, 5.41) is 2.89. The molecule has 1 aromatic heterocycles. The normalized spacial score (nSPS) is 16.8. The molecular weight excluding hydrogens is 410 g/mol. The molecule has 1 amide bonds. The number of hydrogen-bond acceptors (Lipinski definition) is 7. The van der Waals surface area contributed by atoms with Gasteiger partial charge in [-0.1, -0.05) is 18.2 Å². The molecular formula is C21H21NO5S2. The highest BCUT2D eigenvalue weighted by Gasteiger charge is 2.31. The number of rotatable bonds is 6. The molecule has 2 aliphatic rings. The summed E-state index contributed by atoms with van der Waals surface area (Å²) in [5.41, 5.74) is 2.54. The predicted molar refractivity (Wildman–Crippen MR) is 112 cm³/mol. The number of fused-ring (bicyclic) bond motifs is 2. The van der Waals surface area contributed by atoms with Crippen LogP contribution in [0.15, 0.2) is 29.2 Å². The molecule has 1 atom stereocenters. The van der Waals surface area contributed by atoms with E-state index in [1.54, 1.807) is 6.92 Å². The van der Waals surface area contributed by atoms with Crippen LogP contribution in [0.4, 0.5) is 5.00 Å². The van der Waals surface area contributed by atoms with E-state index in [0.717, 1.165) is 40.2 Å². The van der Waals surface area contributed by atoms with Gasteiger partial charge in [-0.15, -0.1) is 23.1 Å². The third-order valence-electron chi connectivity index (χ3n) is 4.91. The first-order valence-corrected chi connectivity index (χ1v) is 11.3. The Kier molecular flexibility index (Phi) is 5.91. The summed E-state index contributed by atoms with van der Waals surface area (Å²) in [6.45, 7) is 1.65. The number of aryl methyl sites for hydroxylation is 1. The van der Waals surface area contributed by atoms with Crippen LogP contribution in [0.1, 0.15) is 39.7 Å². The Morgan fingerprint density at radius 1 is 1.17 bits per heavy atom. The maximum absolute atomic E-state index is 12.4. The molecule has 2 aromatic rings. The molecule has 0 radical (unpaired) electrons. The number of benzene rings is 1. The molecule has 0 saturated heterocycles. The van der Waals surface area contributed by atoms with Crippen molar-refractivity contribution in [2.75, 3.05) is 18.5 Å². The minimum absolute atomic E-state index is 0.274. The van der Waals surface area contributed by atoms with Crippen molar-refractivity contribution in [3.8, 4) is 0 Å². The molecule has 0 fully saturated rings. The van der Waals surface area contributed by atoms with Crippen LogP contribution in [0.5, 0.6) is 0 Å². The third-order valence-corrected chi connectivity index (χ3v) is 7.41. The molecule has 29 heavy (non-hydrogen) atoms. The molecule has 4 rings (SSSR count). The van der Waals surface area contributed by atoms with E-state index in [1.807, 2.05) is 24.3 Å². The lowest BCUT2D eigenvalue weighted by Crippen LogP contribution is -2.26. The van der Waals surface area contributed by atoms with E-state index in [-0.39, 0.29) is 18.5 Å². The number of anilines is 1. The standard InChI is InChI=1S/C21H21NO5S2/c1-2-26-21(25)18-13-7-5-9-15(13)29-19(18)22-17(23)11-27-20(24)16-10-12-6-3-4-8-14(12)28-16/h3-4,6,8,16H,2,5,7,9-11H2,1H3,(H,22,23). The number of amides is 1. The number of carbonyl (C=O) groups excluding carboxylic acids is 3. The third kappa shape index (κ3) is 4.18. The van der Waals surface area contributed by atoms with Crippen molar-refractivity contribution in [1.29, 1.82) is 0 Å². The van der Waals surface area contributed by atoms with Gasteiger partial charge in [-0.2, -0.15) is 0 Å². The van der Waals surface area contributed by atoms with E-state index in [2.05, 4.69) is 5.32 Å². The quantitative estimate of drug-likeness (QED) is 0.704. The predicted octanol–water partition coefficient (Wildman–Crippen LogP) is 3.61. The van der Waals surface area contributed by atoms with E-state index in [0.29, 0.717) is 17.0 Å². The van der Waals surface area contributed by atoms with Gasteiger partial charge in [-0.3, -0.25) is 9.59 Å². The van der Waals surface area contributed by atoms with Crippen molar-refractivity contribution in [1.82, 2.24) is 0 Å². The maximum atomic E-state index is 12.4. The van der Waals surface area contributed by atoms with Crippen LogP contribution in [-0.2, 0) is 38.3 Å². The van der Waals surface area contributed by atoms with E-state index < -0.39 is 17.8 Å². The molecule has 1 aromatic carbocycles. The first-order valence-electron chi connectivity index (χ1n) is 9.59. The summed E-state index contributed by atoms with van der Waals surface area (Å²) < 4.78 is 10.4. The fraction of sp³-hybridized carbons (Fsp3) is 0.381. The molecule has 6 nitrogen and oxygen atoms in total. The highest BCUT2D eigenvalue weighted by Crippen LogP contribution is 2.40. The summed E-state index contributed by atoms with van der Waals surface area (Å²) in [4.78, 5) is 39.3. The molecule has 152 valence electrons. The largest absolute Gasteiger partial charge is 0.462 e. The molecule has 0 saturated carbocycles. The van der Waals surface area contributed by atoms with Crippen molar-refractivity contribution < 1.29 is 23.9 Å². The van der Waals surface area contributed by atoms with Crippen LogP contribution in [0, 0.1) is 0 Å². The van der Waals surface area contributed by atoms with Crippen molar-refractivity contribution in [2.45, 2.75) is 42.8 Å². The minimum Gasteiger partial charge on any atom is -0.462 e. The monoisotopic (exact) mass is 431 g/mol. The second-order valence-corrected chi connectivity index (χ2v) is 9.21. The first kappa shape index (κ1) is 20.0. The maximum Gasteiger partial charge on any atom is 0.341 e. The topological polar surface area (TPSA) is 81.7 Å². The van der Waals surface area contributed by atoms with Crippen molar-refractivity contribution in [3.05, 3.63) is 45.8 Å². The van der Waals surface area contributed by atoms with E-state index in [1.165, 1.54) is 23.1 Å². The van der Waals surface area contributed by atoms with Gasteiger partial charge in [0.2, 0.25) is 0 Å². The highest BCUT2D eigenvalue weighted by atomic mass is 32.2. The van der Waals surface area contributed by atoms with Gasteiger partial charge in [0.1, 0.15) is 10.3 Å². The van der Waals surface area contributed by atoms with Gasteiger partial charge >= 0.3 is 11.9 Å². The zero-order valence-corrected chi connectivity index (χ0v) is 17.6. The van der Waals surface area contributed by atoms with Gasteiger partial charge in [0, 0.05) is 9.77 Å². The van der Waals surface area contributed by atoms with Crippen LogP contribution in [-0.4, -0.2) is 36.3 Å². The lowest BCUT2D eigenvalue weighted by Gasteiger charge is -2.10. The van der Waals surface area contributed by atoms with Gasteiger partial charge < -0.3 is 14.8 Å². The lowest BCUT2D eigenvalue weighted by molar-refractivity contribution is -0.146. The van der Waals surface area contributed by atoms with E-state index >= 15 is 0 Å². The van der Waals surface area contributed by atoms with Crippen molar-refractivity contribution in [2.24, 2.45) is 0 Å². The summed E-state index contributed by atoms with van der Waals surface area (Å²) in [6, 6.07) is 7.86. The molecule has 1 N–H and O–H groups in total. The number of nitrogens with one attached hydrogen (secondary N) is 1. The SMILES string of the molecule is CCOC(=O)c1c(NC(=O)COC(=O)C2Cc3ccccc3S2)sc2c1CCC2. The zero-order chi connectivity index (χ0) is 20.4. The Morgan fingerprint density at radius 2 is 2.00 bits per heavy atom. The average molecular weight is 432 g/mol. The molecule has 1 unspecified atom stereocenters. The number of hydrogen-bond donors (Lipinski definition) is 1. The van der Waals surface area contributed by atoms with Crippen LogP contribution in [0.3, 0.4) is 0 Å². The Morgan fingerprint density at radius 3 is 2.79 bits per heavy atom. The van der Waals surface area contributed by atoms with Crippen molar-refractivity contribution >= 4 is 45.9 Å². The van der Waals surface area contributed by atoms with Gasteiger partial charge in [-0.25, -0.2) is 4.79 Å². The second-order valence-electron chi connectivity index (χ2n) is 6.86. The Labute approximate surface area is 177 Å². The smallest absolute Gasteiger partial charge is 0.341 e. The molecule has 1 aliphatic heterocycles. The number of ether oxygens (including phenoxy) is 2. The molecule has 1 aliphatic carbocycles. The molecule has 0 bridgehead atoms. The summed E-state index contributed by atoms with van der Waals surface area (Å²) in [6.07, 6.45) is 3.31. The Balaban J connectivity index is 1.36. The minimum atomic E-state index is -0.454. The van der Waals surface area contributed by atoms with E-state index in [4.69, 9.17) is 9.47 Å². The second kappa shape index (κ2) is 8.59. The van der Waals surface area contributed by atoms with Crippen LogP contribution >= 0.6 is 23.1 Å². The fourth-order valence-corrected chi connectivity index (χ4v) is 6.10. The van der Waals surface area contributed by atoms with Gasteiger partial charge in [0.25, 0.3) is 5.91 Å². The van der Waals surface area contributed by atoms with Crippen LogP contribution in [0.25, 0.3) is 0 Å². The molecule has 8 heteroatoms. The molecule has 2 heterocycles. The highest BCUT2D eigenvalue weighted by molar-refractivity contribution is 8.01. The Hall–Kier alpha value is -2.32. The average Bonchev–Trinajstić information content (AvgIpc) is 3.39. The number of thioether (sulfide) groups is 1. The van der Waals surface area contributed by atoms with Gasteiger partial charge in [0.05, 0.1) is 12.2 Å². The Bertz CT molecular complexity index is 943. The summed E-state index contributed by atoms with van der Waals surface area (Å²) in [5.74, 6) is -1.27. The van der Waals surface area contributed by atoms with Crippen LogP contribution < -0.4 is 5.32 Å². The number of carbonyl (C=O) groups is 3. The fourth-order valence-electron chi connectivity index (χ4n) is 3.62. The van der Waals surface area contributed by atoms with Gasteiger partial charge in [-0.05, 0) is 49.8 Å². The zero-order valence-electron chi connectivity index (χ0n) is 16.0. The number of thiophene rings is 1.